The lowest BCUT2D eigenvalue weighted by atomic mass is 10.3. The smallest absolute Gasteiger partial charge is 0.271 e. The zero-order valence-corrected chi connectivity index (χ0v) is 15.3. The Kier molecular flexibility index (Phi) is 4.82. The first-order valence-electron chi connectivity index (χ1n) is 7.79. The van der Waals surface area contributed by atoms with E-state index in [1.54, 1.807) is 37.3 Å². The predicted octanol–water partition coefficient (Wildman–Crippen LogP) is 2.90. The fourth-order valence-electron chi connectivity index (χ4n) is 2.52. The van der Waals surface area contributed by atoms with Crippen molar-refractivity contribution in [3.8, 4) is 11.4 Å². The minimum atomic E-state index is -4.17. The Bertz CT molecular complexity index is 1090. The first-order chi connectivity index (χ1) is 12.8. The van der Waals surface area contributed by atoms with Crippen LogP contribution in [0.4, 0.5) is 11.5 Å². The summed E-state index contributed by atoms with van der Waals surface area (Å²) in [4.78, 5) is 10.0. The third kappa shape index (κ3) is 3.75. The molecule has 0 amide bonds. The van der Waals surface area contributed by atoms with E-state index in [2.05, 4.69) is 9.82 Å². The zero-order chi connectivity index (χ0) is 19.6. The summed E-state index contributed by atoms with van der Waals surface area (Å²) in [5, 5.41) is 15.3. The van der Waals surface area contributed by atoms with E-state index in [4.69, 9.17) is 4.74 Å². The number of hydrogen-bond donors (Lipinski definition) is 1. The van der Waals surface area contributed by atoms with Crippen LogP contribution in [0.2, 0.25) is 0 Å². The Hall–Kier alpha value is -3.40. The van der Waals surface area contributed by atoms with Gasteiger partial charge in [-0.15, -0.1) is 0 Å². The minimum Gasteiger partial charge on any atom is -0.495 e. The van der Waals surface area contributed by atoms with Crippen molar-refractivity contribution in [2.45, 2.75) is 11.8 Å². The normalized spacial score (nSPS) is 11.2. The SMILES string of the molecule is COc1ccc([N+](=O)[O-])cc1S(=O)(=O)Nc1cc(C)nn1-c1ccccc1. The fraction of sp³-hybridized carbons (Fsp3) is 0.118. The molecule has 1 heterocycles. The number of sulfonamides is 1. The third-order valence-electron chi connectivity index (χ3n) is 3.72. The van der Waals surface area contributed by atoms with Crippen LogP contribution in [0.1, 0.15) is 5.69 Å². The van der Waals surface area contributed by atoms with Crippen molar-refractivity contribution in [2.24, 2.45) is 0 Å². The van der Waals surface area contributed by atoms with Gasteiger partial charge in [0.05, 0.1) is 23.4 Å². The van der Waals surface area contributed by atoms with Gasteiger partial charge in [-0.25, -0.2) is 13.1 Å². The van der Waals surface area contributed by atoms with E-state index in [-0.39, 0.29) is 22.2 Å². The highest BCUT2D eigenvalue weighted by molar-refractivity contribution is 7.92. The molecule has 1 aromatic heterocycles. The van der Waals surface area contributed by atoms with Crippen LogP contribution in [0.15, 0.2) is 59.5 Å². The van der Waals surface area contributed by atoms with Crippen molar-refractivity contribution in [3.63, 3.8) is 0 Å². The summed E-state index contributed by atoms with van der Waals surface area (Å²) in [7, 11) is -2.88. The van der Waals surface area contributed by atoms with Crippen molar-refractivity contribution in [3.05, 3.63) is 70.4 Å². The molecule has 3 rings (SSSR count). The van der Waals surface area contributed by atoms with Crippen molar-refractivity contribution >= 4 is 21.5 Å². The maximum atomic E-state index is 12.9. The third-order valence-corrected chi connectivity index (χ3v) is 5.09. The van der Waals surface area contributed by atoms with Crippen LogP contribution in [0.5, 0.6) is 5.75 Å². The van der Waals surface area contributed by atoms with E-state index in [0.29, 0.717) is 11.4 Å². The number of benzene rings is 2. The van der Waals surface area contributed by atoms with Gasteiger partial charge in [-0.1, -0.05) is 18.2 Å². The summed E-state index contributed by atoms with van der Waals surface area (Å²) in [6.45, 7) is 1.73. The monoisotopic (exact) mass is 388 g/mol. The lowest BCUT2D eigenvalue weighted by Crippen LogP contribution is -2.17. The lowest BCUT2D eigenvalue weighted by Gasteiger charge is -2.12. The second-order valence-corrected chi connectivity index (χ2v) is 7.27. The van der Waals surface area contributed by atoms with Crippen LogP contribution in [0, 0.1) is 17.0 Å². The van der Waals surface area contributed by atoms with Crippen LogP contribution in [-0.4, -0.2) is 30.2 Å². The van der Waals surface area contributed by atoms with Gasteiger partial charge in [0.2, 0.25) is 0 Å². The van der Waals surface area contributed by atoms with E-state index in [1.807, 2.05) is 6.07 Å². The molecule has 27 heavy (non-hydrogen) atoms. The van der Waals surface area contributed by atoms with Crippen molar-refractivity contribution in [2.75, 3.05) is 11.8 Å². The summed E-state index contributed by atoms with van der Waals surface area (Å²) < 4.78 is 34.7. The first-order valence-corrected chi connectivity index (χ1v) is 9.27. The van der Waals surface area contributed by atoms with Crippen molar-refractivity contribution in [1.82, 2.24) is 9.78 Å². The fourth-order valence-corrected chi connectivity index (χ4v) is 3.74. The number of nitro benzene ring substituents is 1. The van der Waals surface area contributed by atoms with Gasteiger partial charge in [0.25, 0.3) is 15.7 Å². The highest BCUT2D eigenvalue weighted by Crippen LogP contribution is 2.30. The molecule has 0 radical (unpaired) electrons. The summed E-state index contributed by atoms with van der Waals surface area (Å²) in [6.07, 6.45) is 0. The molecule has 2 aromatic carbocycles. The largest absolute Gasteiger partial charge is 0.495 e. The highest BCUT2D eigenvalue weighted by Gasteiger charge is 2.25. The quantitative estimate of drug-likeness (QED) is 0.513. The van der Waals surface area contributed by atoms with Crippen LogP contribution < -0.4 is 9.46 Å². The average Bonchev–Trinajstić information content (AvgIpc) is 3.01. The first kappa shape index (κ1) is 18.4. The topological polar surface area (TPSA) is 116 Å². The number of aryl methyl sites for hydroxylation is 1. The minimum absolute atomic E-state index is 0.00408. The number of nitrogens with one attached hydrogen (secondary N) is 1. The molecular formula is C17H16N4O5S. The van der Waals surface area contributed by atoms with Crippen molar-refractivity contribution < 1.29 is 18.1 Å². The molecule has 0 spiro atoms. The van der Waals surface area contributed by atoms with E-state index in [9.17, 15) is 18.5 Å². The van der Waals surface area contributed by atoms with E-state index in [0.717, 1.165) is 6.07 Å². The summed E-state index contributed by atoms with van der Waals surface area (Å²) in [6, 6.07) is 13.9. The number of hydrogen-bond acceptors (Lipinski definition) is 6. The molecule has 0 aliphatic rings. The second kappa shape index (κ2) is 7.08. The van der Waals surface area contributed by atoms with Crippen LogP contribution >= 0.6 is 0 Å². The number of aromatic nitrogens is 2. The van der Waals surface area contributed by atoms with Crippen LogP contribution in [-0.2, 0) is 10.0 Å². The Morgan fingerprint density at radius 3 is 2.48 bits per heavy atom. The number of methoxy groups -OCH3 is 1. The summed E-state index contributed by atoms with van der Waals surface area (Å²) in [5.74, 6) is 0.197. The molecule has 0 bridgehead atoms. The molecular weight excluding hydrogens is 372 g/mol. The Labute approximate surface area is 155 Å². The average molecular weight is 388 g/mol. The van der Waals surface area contributed by atoms with Crippen LogP contribution in [0.3, 0.4) is 0 Å². The molecule has 0 aliphatic carbocycles. The number of nitrogens with zero attached hydrogens (tertiary/aromatic N) is 3. The number of anilines is 1. The van der Waals surface area contributed by atoms with Crippen molar-refractivity contribution in [1.29, 1.82) is 0 Å². The molecule has 0 aliphatic heterocycles. The van der Waals surface area contributed by atoms with Crippen LogP contribution in [0.25, 0.3) is 5.69 Å². The maximum absolute atomic E-state index is 12.9. The lowest BCUT2D eigenvalue weighted by molar-refractivity contribution is -0.385. The number of para-hydroxylation sites is 1. The van der Waals surface area contributed by atoms with Gasteiger partial charge >= 0.3 is 0 Å². The number of nitro groups is 1. The van der Waals surface area contributed by atoms with Gasteiger partial charge in [-0.3, -0.25) is 14.8 Å². The maximum Gasteiger partial charge on any atom is 0.271 e. The molecule has 0 saturated carbocycles. The van der Waals surface area contributed by atoms with Gasteiger partial charge in [-0.2, -0.15) is 5.10 Å². The Morgan fingerprint density at radius 2 is 1.85 bits per heavy atom. The number of ether oxygens (including phenoxy) is 1. The van der Waals surface area contributed by atoms with Gasteiger partial charge in [0.15, 0.2) is 0 Å². The van der Waals surface area contributed by atoms with Gasteiger partial charge in [0.1, 0.15) is 16.5 Å². The Balaban J connectivity index is 2.06. The molecule has 9 nitrogen and oxygen atoms in total. The summed E-state index contributed by atoms with van der Waals surface area (Å²) >= 11 is 0. The van der Waals surface area contributed by atoms with E-state index >= 15 is 0 Å². The van der Waals surface area contributed by atoms with E-state index < -0.39 is 14.9 Å². The molecule has 0 saturated heterocycles. The molecule has 0 fully saturated rings. The molecule has 140 valence electrons. The molecule has 0 atom stereocenters. The summed E-state index contributed by atoms with van der Waals surface area (Å²) in [5.41, 5.74) is 0.904. The zero-order valence-electron chi connectivity index (χ0n) is 14.5. The van der Waals surface area contributed by atoms with Gasteiger partial charge in [-0.05, 0) is 25.1 Å². The van der Waals surface area contributed by atoms with Gasteiger partial charge < -0.3 is 4.74 Å². The predicted molar refractivity (Wildman–Crippen MR) is 98.8 cm³/mol. The molecule has 10 heteroatoms. The number of non-ortho nitro benzene ring substituents is 1. The second-order valence-electron chi connectivity index (χ2n) is 5.62. The highest BCUT2D eigenvalue weighted by atomic mass is 32.2. The Morgan fingerprint density at radius 1 is 1.15 bits per heavy atom. The van der Waals surface area contributed by atoms with Gasteiger partial charge in [0, 0.05) is 18.2 Å². The number of rotatable bonds is 6. The molecule has 1 N–H and O–H groups in total. The molecule has 0 unspecified atom stereocenters. The van der Waals surface area contributed by atoms with E-state index in [1.165, 1.54) is 23.9 Å². The standard InChI is InChI=1S/C17H16N4O5S/c1-12-10-17(20(18-12)13-6-4-3-5-7-13)19-27(24,25)16-11-14(21(22)23)8-9-15(16)26-2/h3-11,19H,1-2H3. The molecule has 3 aromatic rings.